The number of hydrogen-bond donors (Lipinski definition) is 0. The molecule has 2 rings (SSSR count). The lowest BCUT2D eigenvalue weighted by molar-refractivity contribution is -0.174. The highest BCUT2D eigenvalue weighted by molar-refractivity contribution is 5.86. The van der Waals surface area contributed by atoms with Gasteiger partial charge in [-0.15, -0.1) is 0 Å². The van der Waals surface area contributed by atoms with Gasteiger partial charge in [0.1, 0.15) is 0 Å². The van der Waals surface area contributed by atoms with E-state index >= 15 is 0 Å². The van der Waals surface area contributed by atoms with Crippen molar-refractivity contribution in [1.82, 2.24) is 0 Å². The molecule has 0 saturated heterocycles. The number of esters is 2. The summed E-state index contributed by atoms with van der Waals surface area (Å²) in [5.74, 6) is -0.917. The van der Waals surface area contributed by atoms with Crippen LogP contribution in [0.1, 0.15) is 0 Å². The highest BCUT2D eigenvalue weighted by Crippen LogP contribution is 2.54. The van der Waals surface area contributed by atoms with Gasteiger partial charge < -0.3 is 9.47 Å². The minimum atomic E-state index is -0.331. The molecule has 0 aromatic carbocycles. The van der Waals surface area contributed by atoms with E-state index in [0.717, 1.165) is 0 Å². The van der Waals surface area contributed by atoms with E-state index in [1.165, 1.54) is 14.2 Å². The maximum absolute atomic E-state index is 11.4. The second kappa shape index (κ2) is 3.12. The molecule has 4 heteroatoms. The zero-order valence-electron chi connectivity index (χ0n) is 8.10. The van der Waals surface area contributed by atoms with Crippen LogP contribution >= 0.6 is 0 Å². The number of allylic oxidation sites excluding steroid dienone is 2. The fourth-order valence-corrected chi connectivity index (χ4v) is 2.30. The van der Waals surface area contributed by atoms with Gasteiger partial charge in [0, 0.05) is 0 Å². The summed E-state index contributed by atoms with van der Waals surface area (Å²) in [6.45, 7) is 0. The molecule has 1 saturated carbocycles. The van der Waals surface area contributed by atoms with E-state index < -0.39 is 0 Å². The van der Waals surface area contributed by atoms with Gasteiger partial charge in [0.15, 0.2) is 0 Å². The van der Waals surface area contributed by atoms with Crippen LogP contribution in [0.25, 0.3) is 0 Å². The molecule has 4 atom stereocenters. The lowest BCUT2D eigenvalue weighted by atomic mass is 9.51. The smallest absolute Gasteiger partial charge is 0.310 e. The average molecular weight is 196 g/mol. The maximum atomic E-state index is 11.4. The van der Waals surface area contributed by atoms with Crippen LogP contribution in [0.4, 0.5) is 0 Å². The molecule has 2 aliphatic rings. The Morgan fingerprint density at radius 2 is 1.29 bits per heavy atom. The molecule has 0 aliphatic heterocycles. The summed E-state index contributed by atoms with van der Waals surface area (Å²) in [5, 5.41) is 0. The number of carbonyl (C=O) groups excluding carboxylic acids is 2. The third-order valence-corrected chi connectivity index (χ3v) is 3.16. The fraction of sp³-hybridized carbons (Fsp3) is 0.600. The van der Waals surface area contributed by atoms with Crippen molar-refractivity contribution in [1.29, 1.82) is 0 Å². The molecule has 0 spiro atoms. The quantitative estimate of drug-likeness (QED) is 0.473. The number of ether oxygens (including phenoxy) is 2. The van der Waals surface area contributed by atoms with Crippen molar-refractivity contribution in [3.05, 3.63) is 12.2 Å². The van der Waals surface area contributed by atoms with Gasteiger partial charge in [-0.2, -0.15) is 0 Å². The molecule has 0 aromatic rings. The molecule has 1 fully saturated rings. The highest BCUT2D eigenvalue weighted by Gasteiger charge is 2.59. The molecule has 0 N–H and O–H groups in total. The Hall–Kier alpha value is -1.32. The number of hydrogen-bond acceptors (Lipinski definition) is 4. The first-order valence-electron chi connectivity index (χ1n) is 4.54. The van der Waals surface area contributed by atoms with Crippen molar-refractivity contribution < 1.29 is 19.1 Å². The Kier molecular flexibility index (Phi) is 2.06. The maximum Gasteiger partial charge on any atom is 0.310 e. The SMILES string of the molecule is COC(=O)[C@@H]1[C@H]2C=C[C@@H]2[C@@H]1C(=O)OC. The Labute approximate surface area is 81.9 Å². The lowest BCUT2D eigenvalue weighted by Gasteiger charge is -2.51. The van der Waals surface area contributed by atoms with Gasteiger partial charge in [-0.05, 0) is 11.8 Å². The molecule has 14 heavy (non-hydrogen) atoms. The first kappa shape index (κ1) is 9.24. The summed E-state index contributed by atoms with van der Waals surface area (Å²) in [5.41, 5.74) is 0. The van der Waals surface area contributed by atoms with E-state index in [-0.39, 0.29) is 35.6 Å². The molecule has 0 bridgehead atoms. The highest BCUT2D eigenvalue weighted by atomic mass is 16.5. The van der Waals surface area contributed by atoms with E-state index in [2.05, 4.69) is 9.47 Å². The molecular weight excluding hydrogens is 184 g/mol. The molecule has 0 amide bonds. The first-order valence-corrected chi connectivity index (χ1v) is 4.54. The van der Waals surface area contributed by atoms with Gasteiger partial charge in [0.25, 0.3) is 0 Å². The van der Waals surface area contributed by atoms with Gasteiger partial charge in [0.05, 0.1) is 26.1 Å². The summed E-state index contributed by atoms with van der Waals surface area (Å²) in [4.78, 5) is 22.7. The normalized spacial score (nSPS) is 37.6. The Balaban J connectivity index is 2.13. The molecule has 76 valence electrons. The number of methoxy groups -OCH3 is 2. The summed E-state index contributed by atoms with van der Waals surface area (Å²) < 4.78 is 9.30. The number of fused-ring (bicyclic) bond motifs is 1. The van der Waals surface area contributed by atoms with Crippen LogP contribution in [0.2, 0.25) is 0 Å². The van der Waals surface area contributed by atoms with E-state index in [4.69, 9.17) is 0 Å². The summed E-state index contributed by atoms with van der Waals surface area (Å²) >= 11 is 0. The van der Waals surface area contributed by atoms with Crippen LogP contribution in [-0.2, 0) is 19.1 Å². The van der Waals surface area contributed by atoms with Gasteiger partial charge >= 0.3 is 11.9 Å². The topological polar surface area (TPSA) is 52.6 Å². The van der Waals surface area contributed by atoms with Gasteiger partial charge in [0.2, 0.25) is 0 Å². The molecular formula is C10H12O4. The summed E-state index contributed by atoms with van der Waals surface area (Å²) in [6.07, 6.45) is 3.90. The van der Waals surface area contributed by atoms with Gasteiger partial charge in [-0.1, -0.05) is 12.2 Å². The standard InChI is InChI=1S/C10H12O4/c1-13-9(11)7-5-3-4-6(5)8(7)10(12)14-2/h3-8H,1-2H3/t5-,6-,7-,8+/m0/s1. The van der Waals surface area contributed by atoms with Crippen LogP contribution in [0.3, 0.4) is 0 Å². The van der Waals surface area contributed by atoms with Gasteiger partial charge in [-0.3, -0.25) is 9.59 Å². The van der Waals surface area contributed by atoms with E-state index in [0.29, 0.717) is 0 Å². The molecule has 0 unspecified atom stereocenters. The van der Waals surface area contributed by atoms with Crippen molar-refractivity contribution in [3.8, 4) is 0 Å². The number of carbonyl (C=O) groups is 2. The Morgan fingerprint density at radius 3 is 1.50 bits per heavy atom. The second-order valence-electron chi connectivity index (χ2n) is 3.64. The molecule has 0 radical (unpaired) electrons. The molecule has 0 aromatic heterocycles. The Morgan fingerprint density at radius 1 is 0.929 bits per heavy atom. The first-order chi connectivity index (χ1) is 6.70. The van der Waals surface area contributed by atoms with Crippen molar-refractivity contribution >= 4 is 11.9 Å². The van der Waals surface area contributed by atoms with E-state index in [9.17, 15) is 9.59 Å². The molecule has 4 nitrogen and oxygen atoms in total. The van der Waals surface area contributed by atoms with Crippen molar-refractivity contribution in [2.24, 2.45) is 23.7 Å². The van der Waals surface area contributed by atoms with E-state index in [1.54, 1.807) is 0 Å². The minimum Gasteiger partial charge on any atom is -0.469 e. The third kappa shape index (κ3) is 0.997. The summed E-state index contributed by atoms with van der Waals surface area (Å²) in [7, 11) is 2.68. The number of rotatable bonds is 2. The zero-order valence-corrected chi connectivity index (χ0v) is 8.10. The van der Waals surface area contributed by atoms with Crippen LogP contribution < -0.4 is 0 Å². The predicted molar refractivity (Wildman–Crippen MR) is 47.1 cm³/mol. The fourth-order valence-electron chi connectivity index (χ4n) is 2.30. The lowest BCUT2D eigenvalue weighted by Crippen LogP contribution is -2.56. The van der Waals surface area contributed by atoms with Crippen LogP contribution in [0.15, 0.2) is 12.2 Å². The Bertz CT molecular complexity index is 277. The molecule has 2 aliphatic carbocycles. The monoisotopic (exact) mass is 196 g/mol. The van der Waals surface area contributed by atoms with Gasteiger partial charge in [-0.25, -0.2) is 0 Å². The summed E-state index contributed by atoms with van der Waals surface area (Å²) in [6, 6.07) is 0. The largest absolute Gasteiger partial charge is 0.469 e. The predicted octanol–water partition coefficient (Wildman–Crippen LogP) is 0.381. The van der Waals surface area contributed by atoms with E-state index in [1.807, 2.05) is 12.2 Å². The van der Waals surface area contributed by atoms with Crippen molar-refractivity contribution in [2.45, 2.75) is 0 Å². The third-order valence-electron chi connectivity index (χ3n) is 3.16. The minimum absolute atomic E-state index is 0.187. The van der Waals surface area contributed by atoms with Crippen LogP contribution in [-0.4, -0.2) is 26.2 Å². The van der Waals surface area contributed by atoms with Crippen LogP contribution in [0, 0.1) is 23.7 Å². The van der Waals surface area contributed by atoms with Crippen molar-refractivity contribution in [2.75, 3.05) is 14.2 Å². The zero-order chi connectivity index (χ0) is 10.3. The van der Waals surface area contributed by atoms with Crippen molar-refractivity contribution in [3.63, 3.8) is 0 Å². The van der Waals surface area contributed by atoms with Crippen LogP contribution in [0.5, 0.6) is 0 Å². The average Bonchev–Trinajstić information content (AvgIpc) is 2.18. The second-order valence-corrected chi connectivity index (χ2v) is 3.64. The molecule has 0 heterocycles.